The number of rotatable bonds is 2. The molecule has 0 unspecified atom stereocenters. The summed E-state index contributed by atoms with van der Waals surface area (Å²) in [6.07, 6.45) is 0. The van der Waals surface area contributed by atoms with Gasteiger partial charge in [0.25, 0.3) is 0 Å². The number of aryl methyl sites for hydroxylation is 2. The first-order valence-corrected chi connectivity index (χ1v) is 6.58. The lowest BCUT2D eigenvalue weighted by molar-refractivity contribution is 0.615. The molecule has 0 aliphatic heterocycles. The highest BCUT2D eigenvalue weighted by atomic mass is 35.5. The molecule has 0 atom stereocenters. The molecule has 0 saturated carbocycles. The number of hydrogen-bond donors (Lipinski definition) is 1. The van der Waals surface area contributed by atoms with Crippen molar-refractivity contribution in [3.05, 3.63) is 34.7 Å². The number of nitrogen functional groups attached to an aromatic ring is 1. The maximum Gasteiger partial charge on any atom is 0.207 e. The lowest BCUT2D eigenvalue weighted by Gasteiger charge is -2.09. The topological polar surface area (TPSA) is 61.7 Å². The van der Waals surface area contributed by atoms with Crippen LogP contribution in [0.1, 0.15) is 12.6 Å². The van der Waals surface area contributed by atoms with E-state index in [0.717, 1.165) is 5.69 Å². The minimum Gasteiger partial charge on any atom is -0.369 e. The molecule has 0 aliphatic rings. The van der Waals surface area contributed by atoms with E-state index in [4.69, 9.17) is 17.3 Å². The molecular formula is C13H13ClFN5. The van der Waals surface area contributed by atoms with E-state index in [0.29, 0.717) is 17.7 Å². The van der Waals surface area contributed by atoms with Crippen molar-refractivity contribution in [3.63, 3.8) is 0 Å². The average molecular weight is 294 g/mol. The molecule has 0 fully saturated rings. The maximum atomic E-state index is 14.2. The summed E-state index contributed by atoms with van der Waals surface area (Å²) >= 11 is 5.84. The Morgan fingerprint density at radius 2 is 2.15 bits per heavy atom. The minimum absolute atomic E-state index is 0.0445. The summed E-state index contributed by atoms with van der Waals surface area (Å²) in [5.74, 6) is -0.314. The molecule has 104 valence electrons. The molecule has 0 spiro atoms. The molecule has 0 saturated heterocycles. The van der Waals surface area contributed by atoms with Crippen molar-refractivity contribution in [2.75, 3.05) is 5.73 Å². The van der Waals surface area contributed by atoms with Gasteiger partial charge in [-0.25, -0.2) is 14.1 Å². The first-order chi connectivity index (χ1) is 9.54. The molecule has 0 bridgehead atoms. The number of anilines is 1. The Morgan fingerprint density at radius 1 is 1.40 bits per heavy atom. The van der Waals surface area contributed by atoms with Crippen molar-refractivity contribution in [1.29, 1.82) is 0 Å². The van der Waals surface area contributed by atoms with Crippen LogP contribution in [0.3, 0.4) is 0 Å². The fourth-order valence-electron chi connectivity index (χ4n) is 2.31. The second-order valence-electron chi connectivity index (χ2n) is 4.45. The molecule has 3 aromatic rings. The third kappa shape index (κ3) is 1.68. The SMILES string of the molecule is CCn1nc(C)c2nc(N)n(-c3cccc(Cl)c3F)c21. The quantitative estimate of drug-likeness (QED) is 0.790. The summed E-state index contributed by atoms with van der Waals surface area (Å²) in [6, 6.07) is 4.78. The molecule has 2 N–H and O–H groups in total. The molecule has 0 radical (unpaired) electrons. The molecule has 0 aliphatic carbocycles. The molecule has 7 heteroatoms. The zero-order valence-electron chi connectivity index (χ0n) is 11.1. The number of benzene rings is 1. The number of nitrogens with two attached hydrogens (primary N) is 1. The van der Waals surface area contributed by atoms with E-state index >= 15 is 0 Å². The minimum atomic E-state index is -0.526. The van der Waals surface area contributed by atoms with Crippen LogP contribution in [-0.2, 0) is 6.54 Å². The largest absolute Gasteiger partial charge is 0.369 e. The number of nitrogens with zero attached hydrogens (tertiary/aromatic N) is 4. The Morgan fingerprint density at radius 3 is 2.85 bits per heavy atom. The molecule has 2 aromatic heterocycles. The third-order valence-electron chi connectivity index (χ3n) is 3.21. The second-order valence-corrected chi connectivity index (χ2v) is 4.86. The first-order valence-electron chi connectivity index (χ1n) is 6.20. The monoisotopic (exact) mass is 293 g/mol. The van der Waals surface area contributed by atoms with Gasteiger partial charge in [-0.3, -0.25) is 4.57 Å². The smallest absolute Gasteiger partial charge is 0.207 e. The van der Waals surface area contributed by atoms with Gasteiger partial charge in [0.15, 0.2) is 11.5 Å². The van der Waals surface area contributed by atoms with Crippen molar-refractivity contribution >= 4 is 28.7 Å². The van der Waals surface area contributed by atoms with Crippen LogP contribution in [0.4, 0.5) is 10.3 Å². The summed E-state index contributed by atoms with van der Waals surface area (Å²) in [6.45, 7) is 4.44. The van der Waals surface area contributed by atoms with Gasteiger partial charge in [0.05, 0.1) is 16.4 Å². The summed E-state index contributed by atoms with van der Waals surface area (Å²) in [5.41, 5.74) is 8.31. The van der Waals surface area contributed by atoms with Crippen molar-refractivity contribution < 1.29 is 4.39 Å². The maximum absolute atomic E-state index is 14.2. The Hall–Kier alpha value is -2.08. The zero-order chi connectivity index (χ0) is 14.4. The molecule has 2 heterocycles. The van der Waals surface area contributed by atoms with Gasteiger partial charge in [-0.05, 0) is 26.0 Å². The van der Waals surface area contributed by atoms with Crippen molar-refractivity contribution in [2.24, 2.45) is 0 Å². The summed E-state index contributed by atoms with van der Waals surface area (Å²) in [5, 5.41) is 4.41. The van der Waals surface area contributed by atoms with Gasteiger partial charge in [-0.1, -0.05) is 17.7 Å². The highest BCUT2D eigenvalue weighted by Crippen LogP contribution is 2.29. The summed E-state index contributed by atoms with van der Waals surface area (Å²) in [4.78, 5) is 4.28. The van der Waals surface area contributed by atoms with E-state index in [1.165, 1.54) is 6.07 Å². The van der Waals surface area contributed by atoms with Crippen molar-refractivity contribution in [1.82, 2.24) is 19.3 Å². The van der Waals surface area contributed by atoms with Crippen molar-refractivity contribution in [3.8, 4) is 5.69 Å². The van der Waals surface area contributed by atoms with E-state index in [-0.39, 0.29) is 16.7 Å². The van der Waals surface area contributed by atoms with E-state index in [2.05, 4.69) is 10.1 Å². The van der Waals surface area contributed by atoms with Crippen LogP contribution >= 0.6 is 11.6 Å². The van der Waals surface area contributed by atoms with Crippen LogP contribution in [0.2, 0.25) is 5.02 Å². The summed E-state index contributed by atoms with van der Waals surface area (Å²) < 4.78 is 17.5. The van der Waals surface area contributed by atoms with Gasteiger partial charge in [0.1, 0.15) is 5.52 Å². The van der Waals surface area contributed by atoms with Gasteiger partial charge in [0.2, 0.25) is 5.95 Å². The lowest BCUT2D eigenvalue weighted by atomic mass is 10.3. The molecule has 5 nitrogen and oxygen atoms in total. The highest BCUT2D eigenvalue weighted by Gasteiger charge is 2.20. The predicted octanol–water partition coefficient (Wildman–Crippen LogP) is 2.93. The number of aromatic nitrogens is 4. The van der Waals surface area contributed by atoms with Gasteiger partial charge in [0, 0.05) is 6.54 Å². The second kappa shape index (κ2) is 4.49. The Balaban J connectivity index is 2.41. The molecule has 20 heavy (non-hydrogen) atoms. The van der Waals surface area contributed by atoms with Crippen molar-refractivity contribution in [2.45, 2.75) is 20.4 Å². The molecular weight excluding hydrogens is 281 g/mol. The lowest BCUT2D eigenvalue weighted by Crippen LogP contribution is -2.08. The van der Waals surface area contributed by atoms with E-state index < -0.39 is 5.82 Å². The first kappa shape index (κ1) is 12.9. The summed E-state index contributed by atoms with van der Waals surface area (Å²) in [7, 11) is 0. The van der Waals surface area contributed by atoms with E-state index in [9.17, 15) is 4.39 Å². The van der Waals surface area contributed by atoms with Gasteiger partial charge in [-0.15, -0.1) is 0 Å². The Labute approximate surface area is 119 Å². The average Bonchev–Trinajstić information content (AvgIpc) is 2.90. The standard InChI is InChI=1S/C13H13ClFN5/c1-3-19-12-11(7(2)18-19)17-13(16)20(12)9-6-4-5-8(14)10(9)15/h4-6H,3H2,1-2H3,(H2,16,17). The fraction of sp³-hybridized carbons (Fsp3) is 0.231. The zero-order valence-corrected chi connectivity index (χ0v) is 11.8. The predicted molar refractivity (Wildman–Crippen MR) is 76.6 cm³/mol. The van der Waals surface area contributed by atoms with Crippen LogP contribution in [-0.4, -0.2) is 19.3 Å². The van der Waals surface area contributed by atoms with Crippen LogP contribution in [0.5, 0.6) is 0 Å². The van der Waals surface area contributed by atoms with Gasteiger partial charge in [-0.2, -0.15) is 5.10 Å². The van der Waals surface area contributed by atoms with E-state index in [1.54, 1.807) is 21.4 Å². The Bertz CT molecular complexity index is 805. The van der Waals surface area contributed by atoms with Gasteiger partial charge >= 0.3 is 0 Å². The van der Waals surface area contributed by atoms with Crippen LogP contribution in [0.25, 0.3) is 16.9 Å². The molecule has 0 amide bonds. The van der Waals surface area contributed by atoms with Crippen LogP contribution in [0.15, 0.2) is 18.2 Å². The van der Waals surface area contributed by atoms with E-state index in [1.807, 2.05) is 13.8 Å². The number of fused-ring (bicyclic) bond motifs is 1. The highest BCUT2D eigenvalue weighted by molar-refractivity contribution is 6.30. The van der Waals surface area contributed by atoms with Gasteiger partial charge < -0.3 is 5.73 Å². The van der Waals surface area contributed by atoms with Crippen LogP contribution < -0.4 is 5.73 Å². The normalized spacial score (nSPS) is 11.4. The number of hydrogen-bond acceptors (Lipinski definition) is 3. The number of imidazole rings is 1. The molecule has 3 rings (SSSR count). The molecule has 1 aromatic carbocycles. The van der Waals surface area contributed by atoms with Crippen LogP contribution in [0, 0.1) is 12.7 Å². The number of halogens is 2. The fourth-order valence-corrected chi connectivity index (χ4v) is 2.48. The Kier molecular flexibility index (Phi) is 2.90. The third-order valence-corrected chi connectivity index (χ3v) is 3.50.